The fourth-order valence-electron chi connectivity index (χ4n) is 5.41. The lowest BCUT2D eigenvalue weighted by Crippen LogP contribution is -2.51. The maximum absolute atomic E-state index is 13.5. The number of rotatable bonds is 8. The number of H-pyrrole nitrogens is 1. The molecule has 0 aliphatic heterocycles. The Bertz CT molecular complexity index is 1670. The summed E-state index contributed by atoms with van der Waals surface area (Å²) in [5.74, 6) is 2.25. The van der Waals surface area contributed by atoms with Gasteiger partial charge in [-0.15, -0.1) is 0 Å². The number of aryl methyl sites for hydroxylation is 1. The van der Waals surface area contributed by atoms with Gasteiger partial charge in [0.05, 0.1) is 18.4 Å². The zero-order valence-electron chi connectivity index (χ0n) is 23.0. The van der Waals surface area contributed by atoms with Crippen LogP contribution in [0.25, 0.3) is 11.5 Å². The van der Waals surface area contributed by atoms with Crippen molar-refractivity contribution in [1.82, 2.24) is 44.6 Å². The first kappa shape index (κ1) is 26.6. The fourth-order valence-corrected chi connectivity index (χ4v) is 5.41. The topological polar surface area (TPSA) is 140 Å². The van der Waals surface area contributed by atoms with Crippen LogP contribution in [-0.2, 0) is 9.53 Å². The van der Waals surface area contributed by atoms with Gasteiger partial charge in [-0.2, -0.15) is 10.2 Å². The lowest BCUT2D eigenvalue weighted by molar-refractivity contribution is -0.148. The first-order chi connectivity index (χ1) is 19.8. The van der Waals surface area contributed by atoms with E-state index in [1.165, 1.54) is 10.9 Å². The van der Waals surface area contributed by atoms with Gasteiger partial charge >= 0.3 is 0 Å². The van der Waals surface area contributed by atoms with Gasteiger partial charge in [0.1, 0.15) is 22.9 Å². The number of methoxy groups -OCH3 is 1. The number of imidazole rings is 1. The number of halogens is 1. The molecule has 5 heterocycles. The molecule has 5 aromatic heterocycles. The Kier molecular flexibility index (Phi) is 6.95. The summed E-state index contributed by atoms with van der Waals surface area (Å²) in [5, 5.41) is 17.5. The average molecular weight is 559 g/mol. The van der Waals surface area contributed by atoms with Crippen LogP contribution in [-0.4, -0.2) is 57.9 Å². The molecule has 0 saturated heterocycles. The fraction of sp³-hybridized carbons (Fsp3) is 0.357. The maximum Gasteiger partial charge on any atom is 0.252 e. The molecule has 212 valence electrons. The van der Waals surface area contributed by atoms with Crippen molar-refractivity contribution in [2.75, 3.05) is 12.4 Å². The van der Waals surface area contributed by atoms with Gasteiger partial charge in [0.2, 0.25) is 0 Å². The molecule has 3 N–H and O–H groups in total. The second-order valence-electron chi connectivity index (χ2n) is 10.4. The number of carbonyl (C=O) groups excluding carboxylic acids is 1. The van der Waals surface area contributed by atoms with Crippen LogP contribution in [0, 0.1) is 12.7 Å². The second-order valence-corrected chi connectivity index (χ2v) is 10.4. The first-order valence-electron chi connectivity index (χ1n) is 13.5. The third kappa shape index (κ3) is 5.27. The van der Waals surface area contributed by atoms with Gasteiger partial charge < -0.3 is 15.4 Å². The van der Waals surface area contributed by atoms with Crippen LogP contribution in [0.15, 0.2) is 55.2 Å². The van der Waals surface area contributed by atoms with Crippen molar-refractivity contribution in [3.8, 4) is 5.82 Å². The van der Waals surface area contributed by atoms with E-state index in [1.807, 2.05) is 42.6 Å². The van der Waals surface area contributed by atoms with Gasteiger partial charge in [0.25, 0.3) is 5.91 Å². The zero-order valence-corrected chi connectivity index (χ0v) is 23.0. The van der Waals surface area contributed by atoms with E-state index in [9.17, 15) is 9.18 Å². The summed E-state index contributed by atoms with van der Waals surface area (Å²) in [4.78, 5) is 27.3. The summed E-state index contributed by atoms with van der Waals surface area (Å²) < 4.78 is 22.5. The Morgan fingerprint density at radius 2 is 2.02 bits per heavy atom. The minimum absolute atomic E-state index is 0.117. The van der Waals surface area contributed by atoms with Crippen molar-refractivity contribution in [2.45, 2.75) is 57.1 Å². The Labute approximate surface area is 235 Å². The van der Waals surface area contributed by atoms with Gasteiger partial charge in [0.15, 0.2) is 17.5 Å². The summed E-state index contributed by atoms with van der Waals surface area (Å²) in [6.45, 7) is 3.84. The van der Waals surface area contributed by atoms with E-state index in [2.05, 4.69) is 35.9 Å². The molecule has 13 heteroatoms. The van der Waals surface area contributed by atoms with Gasteiger partial charge in [-0.05, 0) is 51.2 Å². The lowest BCUT2D eigenvalue weighted by atomic mass is 9.77. The monoisotopic (exact) mass is 558 g/mol. The van der Waals surface area contributed by atoms with Crippen molar-refractivity contribution in [3.05, 3.63) is 78.1 Å². The SMILES string of the molecule is COC1(C(=O)N[C@@H](C)c2ccc(-n3cc(F)cn3)nc2)CCC(c2nc(Nc3cc(C)[nH]n3)cc3nccn23)CC1. The van der Waals surface area contributed by atoms with Crippen molar-refractivity contribution < 1.29 is 13.9 Å². The molecule has 5 aromatic rings. The molecule has 1 saturated carbocycles. The number of nitrogens with one attached hydrogen (secondary N) is 3. The van der Waals surface area contributed by atoms with Crippen LogP contribution in [0.1, 0.15) is 61.6 Å². The summed E-state index contributed by atoms with van der Waals surface area (Å²) in [6, 6.07) is 7.08. The quantitative estimate of drug-likeness (QED) is 0.258. The van der Waals surface area contributed by atoms with Gasteiger partial charge in [-0.25, -0.2) is 24.0 Å². The Balaban J connectivity index is 1.14. The van der Waals surface area contributed by atoms with E-state index in [-0.39, 0.29) is 17.9 Å². The first-order valence-corrected chi connectivity index (χ1v) is 13.5. The number of fused-ring (bicyclic) bond motifs is 1. The number of amides is 1. The number of ether oxygens (including phenoxy) is 1. The van der Waals surface area contributed by atoms with E-state index in [0.29, 0.717) is 30.3 Å². The van der Waals surface area contributed by atoms with Crippen LogP contribution in [0.5, 0.6) is 0 Å². The predicted molar refractivity (Wildman–Crippen MR) is 148 cm³/mol. The molecule has 0 unspecified atom stereocenters. The summed E-state index contributed by atoms with van der Waals surface area (Å²) in [6.07, 6.45) is 10.2. The molecule has 1 atom stereocenters. The highest BCUT2D eigenvalue weighted by Crippen LogP contribution is 2.40. The van der Waals surface area contributed by atoms with Gasteiger partial charge in [-0.1, -0.05) is 6.07 Å². The number of anilines is 2. The average Bonchev–Trinajstić information content (AvgIpc) is 3.74. The molecule has 0 spiro atoms. The molecule has 6 rings (SSSR count). The summed E-state index contributed by atoms with van der Waals surface area (Å²) in [7, 11) is 1.59. The highest BCUT2D eigenvalue weighted by atomic mass is 19.1. The maximum atomic E-state index is 13.5. The minimum Gasteiger partial charge on any atom is -0.368 e. The lowest BCUT2D eigenvalue weighted by Gasteiger charge is -2.38. The van der Waals surface area contributed by atoms with E-state index < -0.39 is 11.4 Å². The molecule has 0 bridgehead atoms. The molecule has 0 radical (unpaired) electrons. The molecule has 1 amide bonds. The molecular weight excluding hydrogens is 527 g/mol. The van der Waals surface area contributed by atoms with Crippen LogP contribution < -0.4 is 10.6 Å². The number of pyridine rings is 1. The minimum atomic E-state index is -0.943. The van der Waals surface area contributed by atoms with Crippen LogP contribution in [0.3, 0.4) is 0 Å². The molecular formula is C28H31FN10O2. The van der Waals surface area contributed by atoms with E-state index in [0.717, 1.165) is 41.8 Å². The van der Waals surface area contributed by atoms with Gasteiger partial charge in [-0.3, -0.25) is 14.3 Å². The van der Waals surface area contributed by atoms with Gasteiger partial charge in [0, 0.05) is 49.4 Å². The Morgan fingerprint density at radius 3 is 2.68 bits per heavy atom. The standard InChI is InChI=1S/C28H31FN10O2/c1-17-12-23(37-36-17)34-22-13-25-30-10-11-38(25)26(35-22)19-6-8-28(41-3,9-7-19)27(40)33-18(2)20-4-5-24(31-14-20)39-16-21(29)15-32-39/h4-5,10-16,18-19H,6-9H2,1-3H3,(H,33,40)(H2,34,36,37)/t18-,19?,28?/m0/s1. The van der Waals surface area contributed by atoms with Crippen molar-refractivity contribution in [3.63, 3.8) is 0 Å². The summed E-state index contributed by atoms with van der Waals surface area (Å²) in [5.41, 5.74) is 1.61. The molecule has 1 aliphatic rings. The second kappa shape index (κ2) is 10.7. The van der Waals surface area contributed by atoms with Crippen molar-refractivity contribution in [2.24, 2.45) is 0 Å². The zero-order chi connectivity index (χ0) is 28.6. The highest BCUT2D eigenvalue weighted by Gasteiger charge is 2.43. The highest BCUT2D eigenvalue weighted by molar-refractivity contribution is 5.85. The normalized spacial score (nSPS) is 19.8. The number of hydrogen-bond acceptors (Lipinski definition) is 8. The van der Waals surface area contributed by atoms with Crippen LogP contribution in [0.4, 0.5) is 16.0 Å². The van der Waals surface area contributed by atoms with Crippen LogP contribution in [0.2, 0.25) is 0 Å². The third-order valence-corrected chi connectivity index (χ3v) is 7.75. The van der Waals surface area contributed by atoms with Crippen molar-refractivity contribution in [1.29, 1.82) is 0 Å². The van der Waals surface area contributed by atoms with E-state index in [1.54, 1.807) is 25.6 Å². The Hall–Kier alpha value is -4.65. The Morgan fingerprint density at radius 1 is 1.20 bits per heavy atom. The third-order valence-electron chi connectivity index (χ3n) is 7.75. The smallest absolute Gasteiger partial charge is 0.252 e. The number of aromatic nitrogens is 8. The molecule has 0 aromatic carbocycles. The predicted octanol–water partition coefficient (Wildman–Crippen LogP) is 4.14. The molecule has 41 heavy (non-hydrogen) atoms. The number of hydrogen-bond donors (Lipinski definition) is 3. The summed E-state index contributed by atoms with van der Waals surface area (Å²) >= 11 is 0. The molecule has 1 aliphatic carbocycles. The number of aromatic amines is 1. The molecule has 12 nitrogen and oxygen atoms in total. The van der Waals surface area contributed by atoms with Crippen molar-refractivity contribution >= 4 is 23.2 Å². The number of carbonyl (C=O) groups is 1. The van der Waals surface area contributed by atoms with E-state index >= 15 is 0 Å². The molecule has 1 fully saturated rings. The van der Waals surface area contributed by atoms with E-state index in [4.69, 9.17) is 9.72 Å². The largest absolute Gasteiger partial charge is 0.368 e. The van der Waals surface area contributed by atoms with Crippen LogP contribution >= 0.6 is 0 Å². The number of nitrogens with zero attached hydrogens (tertiary/aromatic N) is 7.